The number of rotatable bonds is 6. The molecule has 2 atom stereocenters. The van der Waals surface area contributed by atoms with E-state index in [0.29, 0.717) is 24.5 Å². The third kappa shape index (κ3) is 4.79. The first-order chi connectivity index (χ1) is 8.02. The van der Waals surface area contributed by atoms with E-state index in [0.717, 1.165) is 12.5 Å². The molecule has 0 amide bonds. The molecule has 0 spiro atoms. The predicted molar refractivity (Wildman–Crippen MR) is 63.7 cm³/mol. The van der Waals surface area contributed by atoms with Crippen LogP contribution in [0.4, 0.5) is 8.78 Å². The summed E-state index contributed by atoms with van der Waals surface area (Å²) >= 11 is 0. The Morgan fingerprint density at radius 2 is 2.06 bits per heavy atom. The lowest BCUT2D eigenvalue weighted by Crippen LogP contribution is -2.27. The van der Waals surface area contributed by atoms with Crippen LogP contribution in [0.2, 0.25) is 0 Å². The Bertz CT molecular complexity index is 357. The first-order valence-electron chi connectivity index (χ1n) is 5.71. The van der Waals surface area contributed by atoms with Crippen LogP contribution in [-0.4, -0.2) is 19.8 Å². The number of hydrogen-bond acceptors (Lipinski definition) is 2. The van der Waals surface area contributed by atoms with Gasteiger partial charge in [-0.25, -0.2) is 8.78 Å². The molecular weight excluding hydrogens is 224 g/mol. The molecule has 2 nitrogen and oxygen atoms in total. The summed E-state index contributed by atoms with van der Waals surface area (Å²) in [5.74, 6) is -0.758. The minimum absolute atomic E-state index is 0.139. The van der Waals surface area contributed by atoms with Crippen LogP contribution in [0.15, 0.2) is 18.2 Å². The van der Waals surface area contributed by atoms with Crippen LogP contribution >= 0.6 is 0 Å². The molecule has 4 heteroatoms. The summed E-state index contributed by atoms with van der Waals surface area (Å²) in [5, 5.41) is 0. The van der Waals surface area contributed by atoms with Crippen LogP contribution in [0, 0.1) is 17.6 Å². The number of halogens is 2. The van der Waals surface area contributed by atoms with Crippen LogP contribution in [-0.2, 0) is 11.2 Å². The van der Waals surface area contributed by atoms with Crippen LogP contribution in [0.3, 0.4) is 0 Å². The second-order valence-electron chi connectivity index (χ2n) is 4.50. The monoisotopic (exact) mass is 243 g/mol. The molecule has 1 aromatic rings. The molecule has 0 aromatic heterocycles. The van der Waals surface area contributed by atoms with Crippen LogP contribution in [0.5, 0.6) is 0 Å². The molecule has 0 bridgehead atoms. The van der Waals surface area contributed by atoms with Crippen molar-refractivity contribution in [2.45, 2.75) is 25.8 Å². The number of nitrogens with two attached hydrogens (primary N) is 1. The Hall–Kier alpha value is -1.00. The maximum Gasteiger partial charge on any atom is 0.129 e. The Labute approximate surface area is 101 Å². The zero-order chi connectivity index (χ0) is 12.8. The van der Waals surface area contributed by atoms with E-state index >= 15 is 0 Å². The fourth-order valence-electron chi connectivity index (χ4n) is 1.92. The van der Waals surface area contributed by atoms with Gasteiger partial charge in [-0.2, -0.15) is 0 Å². The molecule has 0 aliphatic carbocycles. The maximum absolute atomic E-state index is 13.4. The molecule has 1 rings (SSSR count). The molecule has 0 radical (unpaired) electrons. The molecular formula is C13H19F2NO. The summed E-state index contributed by atoms with van der Waals surface area (Å²) in [4.78, 5) is 0. The molecule has 0 saturated carbocycles. The van der Waals surface area contributed by atoms with E-state index in [9.17, 15) is 8.78 Å². The Kier molecular flexibility index (Phi) is 5.51. The largest absolute Gasteiger partial charge is 0.384 e. The van der Waals surface area contributed by atoms with Crippen molar-refractivity contribution in [3.05, 3.63) is 35.4 Å². The SMILES string of the molecule is COCC(C)CC(N)Cc1ccc(F)cc1F. The van der Waals surface area contributed by atoms with E-state index in [1.54, 1.807) is 7.11 Å². The van der Waals surface area contributed by atoms with Crippen molar-refractivity contribution >= 4 is 0 Å². The second kappa shape index (κ2) is 6.67. The molecule has 0 fully saturated rings. The Morgan fingerprint density at radius 1 is 1.35 bits per heavy atom. The predicted octanol–water partition coefficient (Wildman–Crippen LogP) is 2.51. The summed E-state index contributed by atoms with van der Waals surface area (Å²) in [6, 6.07) is 3.45. The van der Waals surface area contributed by atoms with Gasteiger partial charge in [0.25, 0.3) is 0 Å². The van der Waals surface area contributed by atoms with E-state index in [4.69, 9.17) is 10.5 Å². The normalized spacial score (nSPS) is 14.6. The lowest BCUT2D eigenvalue weighted by Gasteiger charge is -2.17. The summed E-state index contributed by atoms with van der Waals surface area (Å²) in [6.45, 7) is 2.67. The third-order valence-corrected chi connectivity index (χ3v) is 2.65. The Balaban J connectivity index is 2.52. The van der Waals surface area contributed by atoms with Crippen molar-refractivity contribution in [3.8, 4) is 0 Å². The van der Waals surface area contributed by atoms with E-state index < -0.39 is 11.6 Å². The molecule has 96 valence electrons. The fraction of sp³-hybridized carbons (Fsp3) is 0.538. The Morgan fingerprint density at radius 3 is 2.65 bits per heavy atom. The molecule has 0 heterocycles. The van der Waals surface area contributed by atoms with Crippen molar-refractivity contribution in [1.82, 2.24) is 0 Å². The molecule has 0 aliphatic heterocycles. The zero-order valence-corrected chi connectivity index (χ0v) is 10.2. The standard InChI is InChI=1S/C13H19F2NO/c1-9(8-17-2)5-12(16)6-10-3-4-11(14)7-13(10)15/h3-4,7,9,12H,5-6,8,16H2,1-2H3. The van der Waals surface area contributed by atoms with Crippen LogP contribution in [0.1, 0.15) is 18.9 Å². The quantitative estimate of drug-likeness (QED) is 0.833. The molecule has 0 aliphatic rings. The highest BCUT2D eigenvalue weighted by atomic mass is 19.1. The average molecular weight is 243 g/mol. The third-order valence-electron chi connectivity index (χ3n) is 2.65. The van der Waals surface area contributed by atoms with Crippen molar-refractivity contribution < 1.29 is 13.5 Å². The average Bonchev–Trinajstić information content (AvgIpc) is 2.22. The number of ether oxygens (including phenoxy) is 1. The highest BCUT2D eigenvalue weighted by Gasteiger charge is 2.12. The van der Waals surface area contributed by atoms with Gasteiger partial charge in [0.1, 0.15) is 11.6 Å². The smallest absolute Gasteiger partial charge is 0.129 e. The van der Waals surface area contributed by atoms with Gasteiger partial charge in [-0.15, -0.1) is 0 Å². The van der Waals surface area contributed by atoms with Gasteiger partial charge in [-0.1, -0.05) is 13.0 Å². The van der Waals surface area contributed by atoms with Gasteiger partial charge < -0.3 is 10.5 Å². The maximum atomic E-state index is 13.4. The number of methoxy groups -OCH3 is 1. The lowest BCUT2D eigenvalue weighted by molar-refractivity contribution is 0.152. The van der Waals surface area contributed by atoms with Crippen molar-refractivity contribution in [2.24, 2.45) is 11.7 Å². The van der Waals surface area contributed by atoms with Gasteiger partial charge in [0.15, 0.2) is 0 Å². The topological polar surface area (TPSA) is 35.2 Å². The van der Waals surface area contributed by atoms with E-state index in [2.05, 4.69) is 0 Å². The summed E-state index contributed by atoms with van der Waals surface area (Å²) in [6.07, 6.45) is 1.17. The van der Waals surface area contributed by atoms with Gasteiger partial charge >= 0.3 is 0 Å². The summed E-state index contributed by atoms with van der Waals surface area (Å²) < 4.78 is 31.1. The van der Waals surface area contributed by atoms with Crippen molar-refractivity contribution in [3.63, 3.8) is 0 Å². The molecule has 1 aromatic carbocycles. The minimum Gasteiger partial charge on any atom is -0.384 e. The summed E-state index contributed by atoms with van der Waals surface area (Å²) in [5.41, 5.74) is 6.39. The first-order valence-corrected chi connectivity index (χ1v) is 5.71. The first kappa shape index (κ1) is 14.1. The van der Waals surface area contributed by atoms with Gasteiger partial charge in [-0.3, -0.25) is 0 Å². The van der Waals surface area contributed by atoms with Gasteiger partial charge in [0, 0.05) is 25.8 Å². The van der Waals surface area contributed by atoms with Crippen molar-refractivity contribution in [2.75, 3.05) is 13.7 Å². The second-order valence-corrected chi connectivity index (χ2v) is 4.50. The van der Waals surface area contributed by atoms with Crippen LogP contribution in [0.25, 0.3) is 0 Å². The molecule has 0 saturated heterocycles. The van der Waals surface area contributed by atoms with Crippen molar-refractivity contribution in [1.29, 1.82) is 0 Å². The van der Waals surface area contributed by atoms with Gasteiger partial charge in [0.05, 0.1) is 0 Å². The van der Waals surface area contributed by atoms with Crippen LogP contribution < -0.4 is 5.73 Å². The van der Waals surface area contributed by atoms with E-state index in [-0.39, 0.29) is 6.04 Å². The highest BCUT2D eigenvalue weighted by Crippen LogP contribution is 2.14. The van der Waals surface area contributed by atoms with Gasteiger partial charge in [0.2, 0.25) is 0 Å². The molecule has 2 unspecified atom stereocenters. The molecule has 2 N–H and O–H groups in total. The number of hydrogen-bond donors (Lipinski definition) is 1. The van der Waals surface area contributed by atoms with E-state index in [1.807, 2.05) is 6.92 Å². The minimum atomic E-state index is -0.562. The summed E-state index contributed by atoms with van der Waals surface area (Å²) in [7, 11) is 1.64. The van der Waals surface area contributed by atoms with E-state index in [1.165, 1.54) is 12.1 Å². The molecule has 17 heavy (non-hydrogen) atoms. The fourth-order valence-corrected chi connectivity index (χ4v) is 1.92. The highest BCUT2D eigenvalue weighted by molar-refractivity contribution is 5.19. The lowest BCUT2D eigenvalue weighted by atomic mass is 9.97. The number of benzene rings is 1. The zero-order valence-electron chi connectivity index (χ0n) is 10.2. The van der Waals surface area contributed by atoms with Gasteiger partial charge in [-0.05, 0) is 30.4 Å².